The molecule has 0 aliphatic rings. The second-order valence-corrected chi connectivity index (χ2v) is 1.71. The number of rotatable bonds is 4. The minimum atomic E-state index is -0.912. The Balaban J connectivity index is 3.43. The van der Waals surface area contributed by atoms with Gasteiger partial charge in [-0.05, 0) is 0 Å². The van der Waals surface area contributed by atoms with E-state index in [4.69, 9.17) is 0 Å². The first-order chi connectivity index (χ1) is 5.70. The van der Waals surface area contributed by atoms with E-state index < -0.39 is 18.7 Å². The number of carbonyl (C=O) groups is 2. The maximum absolute atomic E-state index is 10.6. The number of methoxy groups -OCH3 is 1. The van der Waals surface area contributed by atoms with Gasteiger partial charge >= 0.3 is 12.1 Å². The van der Waals surface area contributed by atoms with Crippen LogP contribution in [-0.4, -0.2) is 32.4 Å². The lowest BCUT2D eigenvalue weighted by atomic mass is 10.6. The lowest BCUT2D eigenvalue weighted by Gasteiger charge is -2.01. The number of hydrogen-bond acceptors (Lipinski definition) is 5. The molecule has 0 aliphatic carbocycles. The van der Waals surface area contributed by atoms with E-state index in [2.05, 4.69) is 20.8 Å². The van der Waals surface area contributed by atoms with Gasteiger partial charge in [0.25, 0.3) is 0 Å². The Morgan fingerprint density at radius 2 is 2.08 bits per heavy atom. The van der Waals surface area contributed by atoms with Gasteiger partial charge in [-0.2, -0.15) is 0 Å². The van der Waals surface area contributed by atoms with Gasteiger partial charge in [0.2, 0.25) is 0 Å². The Bertz CT molecular complexity index is 175. The maximum atomic E-state index is 10.6. The Morgan fingerprint density at radius 1 is 1.42 bits per heavy atom. The van der Waals surface area contributed by atoms with Crippen LogP contribution in [0.4, 0.5) is 4.79 Å². The number of carbonyl (C=O) groups excluding carboxylic acids is 2. The lowest BCUT2D eigenvalue weighted by molar-refractivity contribution is -0.146. The smallest absolute Gasteiger partial charge is 0.459 e. The van der Waals surface area contributed by atoms with E-state index in [9.17, 15) is 9.59 Å². The molecule has 0 bridgehead atoms. The van der Waals surface area contributed by atoms with E-state index in [0.717, 1.165) is 7.11 Å². The summed E-state index contributed by atoms with van der Waals surface area (Å²) in [6.07, 6.45) is 0.501. The second-order valence-electron chi connectivity index (χ2n) is 1.71. The maximum Gasteiger partial charge on any atom is 0.508 e. The third-order valence-corrected chi connectivity index (χ3v) is 0.837. The molecule has 0 spiro atoms. The topological polar surface area (TPSA) is 61.8 Å². The average molecular weight is 174 g/mol. The van der Waals surface area contributed by atoms with Gasteiger partial charge in [-0.1, -0.05) is 12.7 Å². The quantitative estimate of drug-likeness (QED) is 0.458. The largest absolute Gasteiger partial charge is 0.508 e. The summed E-state index contributed by atoms with van der Waals surface area (Å²) >= 11 is 0. The molecule has 0 N–H and O–H groups in total. The molecule has 0 heterocycles. The van der Waals surface area contributed by atoms with Gasteiger partial charge in [-0.3, -0.25) is 0 Å². The monoisotopic (exact) mass is 174 g/mol. The minimum absolute atomic E-state index is 0.101. The SMILES string of the molecule is C=CCOC(=O)COC(=O)OC. The van der Waals surface area contributed by atoms with Crippen LogP contribution in [0.2, 0.25) is 0 Å². The van der Waals surface area contributed by atoms with E-state index in [1.807, 2.05) is 0 Å². The van der Waals surface area contributed by atoms with Gasteiger partial charge < -0.3 is 14.2 Å². The van der Waals surface area contributed by atoms with Gasteiger partial charge in [-0.25, -0.2) is 9.59 Å². The zero-order valence-electron chi connectivity index (χ0n) is 6.74. The molecule has 0 unspecified atom stereocenters. The van der Waals surface area contributed by atoms with Gasteiger partial charge in [0.15, 0.2) is 6.61 Å². The molecule has 0 rings (SSSR count). The molecule has 0 amide bonds. The molecule has 5 nitrogen and oxygen atoms in total. The Kier molecular flexibility index (Phi) is 5.42. The molecule has 0 saturated heterocycles. The minimum Gasteiger partial charge on any atom is -0.459 e. The van der Waals surface area contributed by atoms with Crippen molar-refractivity contribution in [2.24, 2.45) is 0 Å². The van der Waals surface area contributed by atoms with Gasteiger partial charge in [0.05, 0.1) is 7.11 Å². The molecule has 0 radical (unpaired) electrons. The van der Waals surface area contributed by atoms with Gasteiger partial charge in [0, 0.05) is 0 Å². The normalized spacial score (nSPS) is 8.42. The standard InChI is InChI=1S/C7H10O5/c1-3-4-11-6(8)5-12-7(9)10-2/h3H,1,4-5H2,2H3. The lowest BCUT2D eigenvalue weighted by Crippen LogP contribution is -2.16. The van der Waals surface area contributed by atoms with Crippen molar-refractivity contribution >= 4 is 12.1 Å². The van der Waals surface area contributed by atoms with Gasteiger partial charge in [0.1, 0.15) is 6.61 Å². The number of esters is 1. The molecule has 5 heteroatoms. The van der Waals surface area contributed by atoms with Crippen molar-refractivity contribution in [1.29, 1.82) is 0 Å². The molecule has 0 aromatic carbocycles. The van der Waals surface area contributed by atoms with E-state index in [1.165, 1.54) is 6.08 Å². The summed E-state index contributed by atoms with van der Waals surface area (Å²) in [7, 11) is 1.15. The van der Waals surface area contributed by atoms with Crippen LogP contribution < -0.4 is 0 Å². The average Bonchev–Trinajstić information content (AvgIpc) is 2.10. The van der Waals surface area contributed by atoms with Crippen LogP contribution in [-0.2, 0) is 19.0 Å². The van der Waals surface area contributed by atoms with Crippen LogP contribution in [0.3, 0.4) is 0 Å². The van der Waals surface area contributed by atoms with E-state index in [0.29, 0.717) is 0 Å². The molecule has 68 valence electrons. The van der Waals surface area contributed by atoms with Crippen LogP contribution in [0.25, 0.3) is 0 Å². The molecule has 0 saturated carbocycles. The van der Waals surface area contributed by atoms with Crippen molar-refractivity contribution < 1.29 is 23.8 Å². The highest BCUT2D eigenvalue weighted by Gasteiger charge is 2.06. The summed E-state index contributed by atoms with van der Waals surface area (Å²) in [5.74, 6) is -0.639. The third kappa shape index (κ3) is 5.28. The predicted molar refractivity (Wildman–Crippen MR) is 39.5 cm³/mol. The van der Waals surface area contributed by atoms with Crippen LogP contribution in [0.5, 0.6) is 0 Å². The number of ether oxygens (including phenoxy) is 3. The molecule has 0 aliphatic heterocycles. The number of hydrogen-bond donors (Lipinski definition) is 0. The first-order valence-electron chi connectivity index (χ1n) is 3.18. The second kappa shape index (κ2) is 6.21. The van der Waals surface area contributed by atoms with Crippen LogP contribution in [0.15, 0.2) is 12.7 Å². The highest BCUT2D eigenvalue weighted by molar-refractivity contribution is 5.73. The summed E-state index contributed by atoms with van der Waals surface area (Å²) in [6.45, 7) is 2.99. The van der Waals surface area contributed by atoms with Crippen molar-refractivity contribution in [3.63, 3.8) is 0 Å². The molecule has 0 aromatic heterocycles. The predicted octanol–water partition coefficient (Wildman–Crippen LogP) is 0.499. The van der Waals surface area contributed by atoms with Crippen molar-refractivity contribution in [1.82, 2.24) is 0 Å². The Labute approximate surface area is 69.9 Å². The molecule has 0 aromatic rings. The first-order valence-corrected chi connectivity index (χ1v) is 3.18. The fourth-order valence-electron chi connectivity index (χ4n) is 0.370. The van der Waals surface area contributed by atoms with E-state index in [-0.39, 0.29) is 6.61 Å². The van der Waals surface area contributed by atoms with Crippen LogP contribution >= 0.6 is 0 Å². The molecule has 0 atom stereocenters. The van der Waals surface area contributed by atoms with Crippen molar-refractivity contribution in [2.45, 2.75) is 0 Å². The third-order valence-electron chi connectivity index (χ3n) is 0.837. The van der Waals surface area contributed by atoms with Crippen LogP contribution in [0, 0.1) is 0 Å². The zero-order valence-corrected chi connectivity index (χ0v) is 6.74. The van der Waals surface area contributed by atoms with Crippen molar-refractivity contribution in [3.8, 4) is 0 Å². The summed E-state index contributed by atoms with van der Waals surface area (Å²) in [4.78, 5) is 20.9. The van der Waals surface area contributed by atoms with Gasteiger partial charge in [-0.15, -0.1) is 0 Å². The highest BCUT2D eigenvalue weighted by atomic mass is 16.7. The van der Waals surface area contributed by atoms with Crippen molar-refractivity contribution in [3.05, 3.63) is 12.7 Å². The molecule has 0 fully saturated rings. The molecular weight excluding hydrogens is 164 g/mol. The zero-order chi connectivity index (χ0) is 9.40. The fraction of sp³-hybridized carbons (Fsp3) is 0.429. The van der Waals surface area contributed by atoms with Crippen molar-refractivity contribution in [2.75, 3.05) is 20.3 Å². The summed E-state index contributed by atoms with van der Waals surface area (Å²) < 4.78 is 12.9. The Hall–Kier alpha value is -1.52. The summed E-state index contributed by atoms with van der Waals surface area (Å²) in [6, 6.07) is 0. The summed E-state index contributed by atoms with van der Waals surface area (Å²) in [5, 5.41) is 0. The van der Waals surface area contributed by atoms with Crippen LogP contribution in [0.1, 0.15) is 0 Å². The highest BCUT2D eigenvalue weighted by Crippen LogP contribution is 1.85. The molecule has 12 heavy (non-hydrogen) atoms. The fourth-order valence-corrected chi connectivity index (χ4v) is 0.370. The summed E-state index contributed by atoms with van der Waals surface area (Å²) in [5.41, 5.74) is 0. The van der Waals surface area contributed by atoms with E-state index in [1.54, 1.807) is 0 Å². The molecular formula is C7H10O5. The Morgan fingerprint density at radius 3 is 2.58 bits per heavy atom. The first kappa shape index (κ1) is 10.5. The van der Waals surface area contributed by atoms with E-state index >= 15 is 0 Å².